The molecule has 1 heterocycles. The molecule has 4 rings (SSSR count). The van der Waals surface area contributed by atoms with E-state index in [1.807, 2.05) is 86.7 Å². The number of rotatable bonds is 5. The van der Waals surface area contributed by atoms with Crippen molar-refractivity contribution in [2.24, 2.45) is 0 Å². The van der Waals surface area contributed by atoms with E-state index in [-0.39, 0.29) is 5.91 Å². The first kappa shape index (κ1) is 20.4. The highest BCUT2D eigenvalue weighted by atomic mass is 32.2. The summed E-state index contributed by atoms with van der Waals surface area (Å²) in [5.41, 5.74) is 4.96. The van der Waals surface area contributed by atoms with Crippen molar-refractivity contribution < 1.29 is 9.53 Å². The molecule has 0 N–H and O–H groups in total. The molecule has 0 radical (unpaired) electrons. The molecule has 0 unspecified atom stereocenters. The predicted molar refractivity (Wildman–Crippen MR) is 129 cm³/mol. The number of anilines is 1. The molecule has 0 aromatic heterocycles. The van der Waals surface area contributed by atoms with Crippen LogP contribution in [-0.2, 0) is 11.4 Å². The maximum Gasteiger partial charge on any atom is 0.270 e. The van der Waals surface area contributed by atoms with Gasteiger partial charge in [-0.3, -0.25) is 9.69 Å². The smallest absolute Gasteiger partial charge is 0.270 e. The maximum atomic E-state index is 13.2. The number of thioether (sulfide) groups is 1. The van der Waals surface area contributed by atoms with E-state index in [0.29, 0.717) is 15.8 Å². The van der Waals surface area contributed by atoms with Gasteiger partial charge >= 0.3 is 0 Å². The van der Waals surface area contributed by atoms with E-state index in [0.717, 1.165) is 33.7 Å². The summed E-state index contributed by atoms with van der Waals surface area (Å²) in [6.07, 6.45) is 1.86. The van der Waals surface area contributed by atoms with Gasteiger partial charge in [0.05, 0.1) is 10.6 Å². The summed E-state index contributed by atoms with van der Waals surface area (Å²) in [5.74, 6) is 0.632. The summed E-state index contributed by atoms with van der Waals surface area (Å²) in [6.45, 7) is 4.50. The normalized spacial score (nSPS) is 15.1. The first-order valence-corrected chi connectivity index (χ1v) is 10.9. The number of benzene rings is 3. The van der Waals surface area contributed by atoms with Gasteiger partial charge in [0.25, 0.3) is 5.91 Å². The summed E-state index contributed by atoms with van der Waals surface area (Å²) in [5, 5.41) is 0. The Morgan fingerprint density at radius 2 is 1.73 bits per heavy atom. The van der Waals surface area contributed by atoms with Crippen LogP contribution in [0.25, 0.3) is 6.08 Å². The lowest BCUT2D eigenvalue weighted by atomic mass is 10.1. The summed E-state index contributed by atoms with van der Waals surface area (Å²) in [4.78, 5) is 15.4. The van der Waals surface area contributed by atoms with Gasteiger partial charge in [0, 0.05) is 5.56 Å². The van der Waals surface area contributed by atoms with E-state index in [1.54, 1.807) is 4.90 Å². The molecule has 3 aromatic rings. The van der Waals surface area contributed by atoms with Crippen molar-refractivity contribution in [3.63, 3.8) is 0 Å². The molecule has 1 aliphatic rings. The SMILES string of the molecule is Cc1ccc(N2C(=O)/C(=C/c3ccccc3OCc3ccccc3)SC2=S)c(C)c1. The van der Waals surface area contributed by atoms with E-state index >= 15 is 0 Å². The van der Waals surface area contributed by atoms with E-state index in [2.05, 4.69) is 6.07 Å². The molecule has 0 bridgehead atoms. The Morgan fingerprint density at radius 3 is 2.50 bits per heavy atom. The van der Waals surface area contributed by atoms with E-state index in [9.17, 15) is 4.79 Å². The fourth-order valence-corrected chi connectivity index (χ4v) is 4.62. The zero-order valence-corrected chi connectivity index (χ0v) is 18.4. The number of aryl methyl sites for hydroxylation is 2. The average molecular weight is 432 g/mol. The van der Waals surface area contributed by atoms with E-state index in [1.165, 1.54) is 11.8 Å². The van der Waals surface area contributed by atoms with E-state index < -0.39 is 0 Å². The standard InChI is InChI=1S/C25H21NO2S2/c1-17-12-13-21(18(2)14-17)26-24(27)23(30-25(26)29)15-20-10-6-7-11-22(20)28-16-19-8-4-3-5-9-19/h3-15H,16H2,1-2H3/b23-15-. The Bertz CT molecular complexity index is 1140. The van der Waals surface area contributed by atoms with Crippen molar-refractivity contribution in [2.75, 3.05) is 4.90 Å². The number of carbonyl (C=O) groups excluding carboxylic acids is 1. The van der Waals surface area contributed by atoms with Crippen LogP contribution < -0.4 is 9.64 Å². The largest absolute Gasteiger partial charge is 0.488 e. The van der Waals surface area contributed by atoms with Crippen molar-refractivity contribution in [3.05, 3.63) is 100.0 Å². The summed E-state index contributed by atoms with van der Waals surface area (Å²) >= 11 is 6.85. The van der Waals surface area contributed by atoms with Crippen LogP contribution in [0.15, 0.2) is 77.7 Å². The third kappa shape index (κ3) is 4.32. The molecule has 1 fully saturated rings. The third-order valence-corrected chi connectivity index (χ3v) is 6.13. The number of hydrogen-bond donors (Lipinski definition) is 0. The van der Waals surface area contributed by atoms with Gasteiger partial charge in [-0.15, -0.1) is 0 Å². The van der Waals surface area contributed by atoms with Crippen LogP contribution >= 0.6 is 24.0 Å². The molecule has 30 heavy (non-hydrogen) atoms. The molecule has 3 nitrogen and oxygen atoms in total. The Labute approximate surface area is 186 Å². The Morgan fingerprint density at radius 1 is 1.00 bits per heavy atom. The number of para-hydroxylation sites is 1. The second-order valence-electron chi connectivity index (χ2n) is 7.12. The number of carbonyl (C=O) groups is 1. The highest BCUT2D eigenvalue weighted by Gasteiger charge is 2.34. The quantitative estimate of drug-likeness (QED) is 0.351. The van der Waals surface area contributed by atoms with Crippen molar-refractivity contribution in [1.82, 2.24) is 0 Å². The summed E-state index contributed by atoms with van der Waals surface area (Å²) < 4.78 is 6.57. The van der Waals surface area contributed by atoms with Gasteiger partial charge in [-0.2, -0.15) is 0 Å². The Hall–Kier alpha value is -2.89. The molecule has 5 heteroatoms. The molecule has 1 aliphatic heterocycles. The minimum Gasteiger partial charge on any atom is -0.488 e. The van der Waals surface area contributed by atoms with Crippen molar-refractivity contribution in [2.45, 2.75) is 20.5 Å². The minimum absolute atomic E-state index is 0.102. The van der Waals surface area contributed by atoms with Crippen LogP contribution in [0.5, 0.6) is 5.75 Å². The van der Waals surface area contributed by atoms with Crippen molar-refractivity contribution in [1.29, 1.82) is 0 Å². The molecule has 0 spiro atoms. The van der Waals surface area contributed by atoms with Crippen molar-refractivity contribution >= 4 is 46.0 Å². The molecule has 150 valence electrons. The van der Waals surface area contributed by atoms with Gasteiger partial charge in [0.15, 0.2) is 4.32 Å². The summed E-state index contributed by atoms with van der Waals surface area (Å²) in [6, 6.07) is 23.8. The van der Waals surface area contributed by atoms with Crippen LogP contribution in [-0.4, -0.2) is 10.2 Å². The highest BCUT2D eigenvalue weighted by molar-refractivity contribution is 8.27. The number of ether oxygens (including phenoxy) is 1. The van der Waals surface area contributed by atoms with E-state index in [4.69, 9.17) is 17.0 Å². The lowest BCUT2D eigenvalue weighted by molar-refractivity contribution is -0.113. The average Bonchev–Trinajstić information content (AvgIpc) is 3.01. The van der Waals surface area contributed by atoms with Gasteiger partial charge in [0.1, 0.15) is 12.4 Å². The maximum absolute atomic E-state index is 13.2. The molecular weight excluding hydrogens is 410 g/mol. The topological polar surface area (TPSA) is 29.5 Å². The molecule has 3 aromatic carbocycles. The molecular formula is C25H21NO2S2. The number of amides is 1. The van der Waals surface area contributed by atoms with Crippen LogP contribution in [0.3, 0.4) is 0 Å². The number of thiocarbonyl (C=S) groups is 1. The molecule has 1 amide bonds. The summed E-state index contributed by atoms with van der Waals surface area (Å²) in [7, 11) is 0. The highest BCUT2D eigenvalue weighted by Crippen LogP contribution is 2.38. The van der Waals surface area contributed by atoms with Crippen molar-refractivity contribution in [3.8, 4) is 5.75 Å². The van der Waals surface area contributed by atoms with Gasteiger partial charge in [-0.1, -0.05) is 90.2 Å². The molecule has 0 atom stereocenters. The Kier molecular flexibility index (Phi) is 6.02. The molecule has 0 aliphatic carbocycles. The van der Waals surface area contributed by atoms with Gasteiger partial charge < -0.3 is 4.74 Å². The van der Waals surface area contributed by atoms with Crippen LogP contribution in [0, 0.1) is 13.8 Å². The first-order chi connectivity index (χ1) is 14.5. The zero-order chi connectivity index (χ0) is 21.1. The van der Waals surface area contributed by atoms with Gasteiger partial charge in [-0.05, 0) is 43.2 Å². The molecule has 0 saturated carbocycles. The number of hydrogen-bond acceptors (Lipinski definition) is 4. The number of nitrogens with zero attached hydrogens (tertiary/aromatic N) is 1. The monoisotopic (exact) mass is 431 g/mol. The first-order valence-electron chi connectivity index (χ1n) is 9.64. The predicted octanol–water partition coefficient (Wildman–Crippen LogP) is 6.29. The van der Waals surface area contributed by atoms with Crippen LogP contribution in [0.2, 0.25) is 0 Å². The second kappa shape index (κ2) is 8.86. The van der Waals surface area contributed by atoms with Gasteiger partial charge in [-0.25, -0.2) is 0 Å². The van der Waals surface area contributed by atoms with Crippen LogP contribution in [0.1, 0.15) is 22.3 Å². The fourth-order valence-electron chi connectivity index (χ4n) is 3.34. The van der Waals surface area contributed by atoms with Gasteiger partial charge in [0.2, 0.25) is 0 Å². The zero-order valence-electron chi connectivity index (χ0n) is 16.8. The third-order valence-electron chi connectivity index (χ3n) is 4.83. The molecule has 1 saturated heterocycles. The Balaban J connectivity index is 1.59. The second-order valence-corrected chi connectivity index (χ2v) is 8.79. The van der Waals surface area contributed by atoms with Crippen LogP contribution in [0.4, 0.5) is 5.69 Å². The minimum atomic E-state index is -0.102. The fraction of sp³-hybridized carbons (Fsp3) is 0.120. The lowest BCUT2D eigenvalue weighted by Gasteiger charge is -2.17. The lowest BCUT2D eigenvalue weighted by Crippen LogP contribution is -2.28.